The van der Waals surface area contributed by atoms with E-state index in [1.807, 2.05) is 37.3 Å². The van der Waals surface area contributed by atoms with Crippen molar-refractivity contribution in [3.8, 4) is 0 Å². The minimum atomic E-state index is -0.226. The number of halogens is 1. The van der Waals surface area contributed by atoms with E-state index in [1.165, 1.54) is 11.6 Å². The van der Waals surface area contributed by atoms with Crippen LogP contribution in [0, 0.1) is 12.7 Å². The lowest BCUT2D eigenvalue weighted by Crippen LogP contribution is -2.34. The summed E-state index contributed by atoms with van der Waals surface area (Å²) in [5.41, 5.74) is 3.15. The lowest BCUT2D eigenvalue weighted by Gasteiger charge is -2.17. The SMILES string of the molecule is Cc1ccc(F)cc1CN[C@H](CO)Cc1ccccc1. The van der Waals surface area contributed by atoms with Crippen molar-refractivity contribution in [1.82, 2.24) is 5.32 Å². The maximum Gasteiger partial charge on any atom is 0.123 e. The van der Waals surface area contributed by atoms with Crippen LogP contribution in [0.3, 0.4) is 0 Å². The highest BCUT2D eigenvalue weighted by Crippen LogP contribution is 2.11. The molecule has 0 aliphatic heterocycles. The molecule has 0 aromatic heterocycles. The van der Waals surface area contributed by atoms with Gasteiger partial charge < -0.3 is 10.4 Å². The van der Waals surface area contributed by atoms with Crippen molar-refractivity contribution in [3.63, 3.8) is 0 Å². The van der Waals surface area contributed by atoms with Gasteiger partial charge in [0.1, 0.15) is 5.82 Å². The van der Waals surface area contributed by atoms with Gasteiger partial charge in [0.2, 0.25) is 0 Å². The Bertz CT molecular complexity index is 542. The van der Waals surface area contributed by atoms with E-state index < -0.39 is 0 Å². The molecule has 106 valence electrons. The molecule has 0 bridgehead atoms. The molecule has 0 unspecified atom stereocenters. The summed E-state index contributed by atoms with van der Waals surface area (Å²) < 4.78 is 13.2. The molecule has 0 heterocycles. The van der Waals surface area contributed by atoms with Gasteiger partial charge in [-0.05, 0) is 42.2 Å². The van der Waals surface area contributed by atoms with Gasteiger partial charge >= 0.3 is 0 Å². The predicted molar refractivity (Wildman–Crippen MR) is 79.0 cm³/mol. The van der Waals surface area contributed by atoms with Crippen LogP contribution in [0.5, 0.6) is 0 Å². The molecule has 2 N–H and O–H groups in total. The number of aryl methyl sites for hydroxylation is 1. The topological polar surface area (TPSA) is 32.3 Å². The largest absolute Gasteiger partial charge is 0.395 e. The first-order chi connectivity index (χ1) is 9.69. The first kappa shape index (κ1) is 14.7. The fourth-order valence-electron chi connectivity index (χ4n) is 2.18. The average Bonchev–Trinajstić information content (AvgIpc) is 2.47. The Labute approximate surface area is 119 Å². The van der Waals surface area contributed by atoms with E-state index in [-0.39, 0.29) is 18.5 Å². The summed E-state index contributed by atoms with van der Waals surface area (Å²) in [6, 6.07) is 14.8. The zero-order valence-electron chi connectivity index (χ0n) is 11.6. The number of aliphatic hydroxyl groups excluding tert-OH is 1. The molecule has 0 radical (unpaired) electrons. The third-order valence-corrected chi connectivity index (χ3v) is 3.44. The van der Waals surface area contributed by atoms with Crippen LogP contribution in [0.4, 0.5) is 4.39 Å². The van der Waals surface area contributed by atoms with Crippen LogP contribution >= 0.6 is 0 Å². The number of hydrogen-bond acceptors (Lipinski definition) is 2. The Morgan fingerprint density at radius 1 is 1.15 bits per heavy atom. The lowest BCUT2D eigenvalue weighted by atomic mass is 10.0. The highest BCUT2D eigenvalue weighted by atomic mass is 19.1. The van der Waals surface area contributed by atoms with Gasteiger partial charge in [-0.2, -0.15) is 0 Å². The highest BCUT2D eigenvalue weighted by molar-refractivity contribution is 5.26. The molecule has 2 aromatic rings. The summed E-state index contributed by atoms with van der Waals surface area (Å²) in [4.78, 5) is 0. The molecular formula is C17H20FNO. The van der Waals surface area contributed by atoms with Crippen molar-refractivity contribution in [2.45, 2.75) is 25.9 Å². The summed E-state index contributed by atoms with van der Waals surface area (Å²) in [7, 11) is 0. The van der Waals surface area contributed by atoms with Crippen LogP contribution in [0.1, 0.15) is 16.7 Å². The van der Waals surface area contributed by atoms with E-state index in [0.29, 0.717) is 6.54 Å². The summed E-state index contributed by atoms with van der Waals surface area (Å²) in [5.74, 6) is -0.226. The van der Waals surface area contributed by atoms with E-state index in [0.717, 1.165) is 17.5 Å². The number of hydrogen-bond donors (Lipinski definition) is 2. The third-order valence-electron chi connectivity index (χ3n) is 3.44. The molecule has 3 heteroatoms. The Morgan fingerprint density at radius 3 is 2.60 bits per heavy atom. The van der Waals surface area contributed by atoms with Crippen molar-refractivity contribution in [2.75, 3.05) is 6.61 Å². The fraction of sp³-hybridized carbons (Fsp3) is 0.294. The van der Waals surface area contributed by atoms with Crippen molar-refractivity contribution < 1.29 is 9.50 Å². The van der Waals surface area contributed by atoms with Crippen molar-refractivity contribution in [2.24, 2.45) is 0 Å². The first-order valence-electron chi connectivity index (χ1n) is 6.82. The van der Waals surface area contributed by atoms with E-state index in [2.05, 4.69) is 5.32 Å². The Balaban J connectivity index is 1.95. The van der Waals surface area contributed by atoms with Gasteiger partial charge in [-0.15, -0.1) is 0 Å². The molecule has 1 atom stereocenters. The fourth-order valence-corrected chi connectivity index (χ4v) is 2.18. The van der Waals surface area contributed by atoms with Gasteiger partial charge in [0, 0.05) is 12.6 Å². The smallest absolute Gasteiger partial charge is 0.123 e. The quantitative estimate of drug-likeness (QED) is 0.848. The minimum Gasteiger partial charge on any atom is -0.395 e. The number of benzene rings is 2. The molecule has 2 nitrogen and oxygen atoms in total. The van der Waals surface area contributed by atoms with Crippen LogP contribution < -0.4 is 5.32 Å². The summed E-state index contributed by atoms with van der Waals surface area (Å²) in [6.45, 7) is 2.58. The van der Waals surface area contributed by atoms with Crippen LogP contribution in [0.15, 0.2) is 48.5 Å². The Hall–Kier alpha value is -1.71. The normalized spacial score (nSPS) is 12.3. The maximum absolute atomic E-state index is 13.2. The molecule has 0 amide bonds. The van der Waals surface area contributed by atoms with Crippen molar-refractivity contribution in [3.05, 3.63) is 71.0 Å². The van der Waals surface area contributed by atoms with Crippen molar-refractivity contribution in [1.29, 1.82) is 0 Å². The van der Waals surface area contributed by atoms with Crippen LogP contribution in [0.2, 0.25) is 0 Å². The summed E-state index contributed by atoms with van der Waals surface area (Å²) in [6.07, 6.45) is 0.756. The minimum absolute atomic E-state index is 0.0277. The molecule has 0 saturated carbocycles. The molecule has 0 spiro atoms. The Kier molecular flexibility index (Phi) is 5.27. The third kappa shape index (κ3) is 4.15. The zero-order chi connectivity index (χ0) is 14.4. The summed E-state index contributed by atoms with van der Waals surface area (Å²) >= 11 is 0. The average molecular weight is 273 g/mol. The predicted octanol–water partition coefficient (Wildman–Crippen LogP) is 2.83. The molecule has 0 aliphatic rings. The molecule has 0 saturated heterocycles. The second kappa shape index (κ2) is 7.17. The molecular weight excluding hydrogens is 253 g/mol. The maximum atomic E-state index is 13.2. The van der Waals surface area contributed by atoms with Gasteiger partial charge in [-0.1, -0.05) is 36.4 Å². The lowest BCUT2D eigenvalue weighted by molar-refractivity contribution is 0.240. The highest BCUT2D eigenvalue weighted by Gasteiger charge is 2.09. The van der Waals surface area contributed by atoms with Gasteiger partial charge in [0.25, 0.3) is 0 Å². The molecule has 2 aromatic carbocycles. The summed E-state index contributed by atoms with van der Waals surface area (Å²) in [5, 5.41) is 12.7. The number of aliphatic hydroxyl groups is 1. The van der Waals surface area contributed by atoms with Gasteiger partial charge in [0.05, 0.1) is 6.61 Å². The second-order valence-electron chi connectivity index (χ2n) is 5.02. The van der Waals surface area contributed by atoms with Crippen LogP contribution in [0.25, 0.3) is 0 Å². The van der Waals surface area contributed by atoms with E-state index in [4.69, 9.17) is 0 Å². The Morgan fingerprint density at radius 2 is 1.90 bits per heavy atom. The monoisotopic (exact) mass is 273 g/mol. The molecule has 20 heavy (non-hydrogen) atoms. The van der Waals surface area contributed by atoms with E-state index in [9.17, 15) is 9.50 Å². The van der Waals surface area contributed by atoms with Gasteiger partial charge in [-0.3, -0.25) is 0 Å². The van der Waals surface area contributed by atoms with Gasteiger partial charge in [0.15, 0.2) is 0 Å². The van der Waals surface area contributed by atoms with Crippen LogP contribution in [-0.4, -0.2) is 17.8 Å². The second-order valence-corrected chi connectivity index (χ2v) is 5.02. The van der Waals surface area contributed by atoms with Gasteiger partial charge in [-0.25, -0.2) is 4.39 Å². The molecule has 0 fully saturated rings. The molecule has 0 aliphatic carbocycles. The van der Waals surface area contributed by atoms with Crippen molar-refractivity contribution >= 4 is 0 Å². The number of nitrogens with one attached hydrogen (secondary N) is 1. The standard InChI is InChI=1S/C17H20FNO/c1-13-7-8-16(18)10-15(13)11-19-17(12-20)9-14-5-3-2-4-6-14/h2-8,10,17,19-20H,9,11-12H2,1H3/t17-/m0/s1. The van der Waals surface area contributed by atoms with Crippen LogP contribution in [-0.2, 0) is 13.0 Å². The van der Waals surface area contributed by atoms with E-state index in [1.54, 1.807) is 12.1 Å². The molecule has 2 rings (SSSR count). The number of rotatable bonds is 6. The first-order valence-corrected chi connectivity index (χ1v) is 6.82. The van der Waals surface area contributed by atoms with E-state index >= 15 is 0 Å². The zero-order valence-corrected chi connectivity index (χ0v) is 11.6.